The van der Waals surface area contributed by atoms with Crippen LogP contribution in [0.2, 0.25) is 5.02 Å². The van der Waals surface area contributed by atoms with Crippen LogP contribution in [0.5, 0.6) is 0 Å². The molecule has 1 N–H and O–H groups in total. The van der Waals surface area contributed by atoms with Crippen molar-refractivity contribution in [1.82, 2.24) is 9.88 Å². The van der Waals surface area contributed by atoms with E-state index in [0.29, 0.717) is 17.1 Å². The second kappa shape index (κ2) is 6.50. The SMILES string of the molecule is O=C(NCc1ccccc1Cl)c1ccc(-n2cccc2)cc1. The van der Waals surface area contributed by atoms with Crippen molar-refractivity contribution >= 4 is 17.5 Å². The van der Waals surface area contributed by atoms with Gasteiger partial charge >= 0.3 is 0 Å². The van der Waals surface area contributed by atoms with Crippen LogP contribution >= 0.6 is 11.6 Å². The standard InChI is InChI=1S/C18H15ClN2O/c19-17-6-2-1-5-15(17)13-20-18(22)14-7-9-16(10-8-14)21-11-3-4-12-21/h1-12H,13H2,(H,20,22). The summed E-state index contributed by atoms with van der Waals surface area (Å²) >= 11 is 6.08. The van der Waals surface area contributed by atoms with E-state index in [1.807, 2.05) is 77.6 Å². The van der Waals surface area contributed by atoms with Gasteiger partial charge < -0.3 is 9.88 Å². The molecule has 0 atom stereocenters. The van der Waals surface area contributed by atoms with Crippen LogP contribution in [0.4, 0.5) is 0 Å². The number of aromatic nitrogens is 1. The van der Waals surface area contributed by atoms with Crippen LogP contribution in [0.15, 0.2) is 73.1 Å². The van der Waals surface area contributed by atoms with Gasteiger partial charge in [0.25, 0.3) is 5.91 Å². The molecule has 110 valence electrons. The molecular formula is C18H15ClN2O. The van der Waals surface area contributed by atoms with Crippen LogP contribution in [-0.2, 0) is 6.54 Å². The lowest BCUT2D eigenvalue weighted by molar-refractivity contribution is 0.0951. The number of hydrogen-bond acceptors (Lipinski definition) is 1. The third-order valence-corrected chi connectivity index (χ3v) is 3.80. The van der Waals surface area contributed by atoms with Crippen molar-refractivity contribution in [2.45, 2.75) is 6.54 Å². The molecule has 0 radical (unpaired) electrons. The Morgan fingerprint density at radius 2 is 1.64 bits per heavy atom. The van der Waals surface area contributed by atoms with E-state index < -0.39 is 0 Å². The van der Waals surface area contributed by atoms with Gasteiger partial charge in [0.2, 0.25) is 0 Å². The van der Waals surface area contributed by atoms with Gasteiger partial charge in [0.05, 0.1) is 0 Å². The number of carbonyl (C=O) groups is 1. The van der Waals surface area contributed by atoms with E-state index in [1.54, 1.807) is 0 Å². The maximum atomic E-state index is 12.2. The Kier molecular flexibility index (Phi) is 4.26. The fraction of sp³-hybridized carbons (Fsp3) is 0.0556. The van der Waals surface area contributed by atoms with Crippen molar-refractivity contribution in [1.29, 1.82) is 0 Å². The zero-order valence-corrected chi connectivity index (χ0v) is 12.6. The molecule has 3 rings (SSSR count). The summed E-state index contributed by atoms with van der Waals surface area (Å²) in [6.07, 6.45) is 3.93. The van der Waals surface area contributed by atoms with Crippen LogP contribution in [-0.4, -0.2) is 10.5 Å². The molecular weight excluding hydrogens is 296 g/mol. The van der Waals surface area contributed by atoms with Crippen LogP contribution in [0.25, 0.3) is 5.69 Å². The fourth-order valence-corrected chi connectivity index (χ4v) is 2.41. The first-order valence-electron chi connectivity index (χ1n) is 6.99. The quantitative estimate of drug-likeness (QED) is 0.774. The van der Waals surface area contributed by atoms with E-state index in [-0.39, 0.29) is 5.91 Å². The Morgan fingerprint density at radius 3 is 2.32 bits per heavy atom. The summed E-state index contributed by atoms with van der Waals surface area (Å²) < 4.78 is 1.99. The minimum absolute atomic E-state index is 0.112. The summed E-state index contributed by atoms with van der Waals surface area (Å²) in [6.45, 7) is 0.415. The molecule has 1 amide bonds. The summed E-state index contributed by atoms with van der Waals surface area (Å²) in [7, 11) is 0. The van der Waals surface area contributed by atoms with Crippen molar-refractivity contribution in [2.75, 3.05) is 0 Å². The third kappa shape index (κ3) is 3.21. The normalized spacial score (nSPS) is 10.4. The van der Waals surface area contributed by atoms with Gasteiger partial charge in [-0.15, -0.1) is 0 Å². The molecule has 2 aromatic carbocycles. The summed E-state index contributed by atoms with van der Waals surface area (Å²) in [4.78, 5) is 12.2. The average Bonchev–Trinajstić information content (AvgIpc) is 3.08. The molecule has 0 spiro atoms. The van der Waals surface area contributed by atoms with Crippen molar-refractivity contribution < 1.29 is 4.79 Å². The second-order valence-corrected chi connectivity index (χ2v) is 5.32. The van der Waals surface area contributed by atoms with Gasteiger partial charge in [-0.2, -0.15) is 0 Å². The number of rotatable bonds is 4. The van der Waals surface area contributed by atoms with E-state index >= 15 is 0 Å². The molecule has 0 aliphatic carbocycles. The predicted octanol–water partition coefficient (Wildman–Crippen LogP) is 4.06. The van der Waals surface area contributed by atoms with Crippen molar-refractivity contribution in [3.8, 4) is 5.69 Å². The highest BCUT2D eigenvalue weighted by atomic mass is 35.5. The van der Waals surface area contributed by atoms with E-state index in [4.69, 9.17) is 11.6 Å². The van der Waals surface area contributed by atoms with E-state index in [9.17, 15) is 4.79 Å². The Bertz CT molecular complexity index is 764. The van der Waals surface area contributed by atoms with Gasteiger partial charge in [0, 0.05) is 35.2 Å². The third-order valence-electron chi connectivity index (χ3n) is 3.43. The van der Waals surface area contributed by atoms with E-state index in [2.05, 4.69) is 5.32 Å². The zero-order valence-electron chi connectivity index (χ0n) is 11.9. The lowest BCUT2D eigenvalue weighted by Crippen LogP contribution is -2.22. The first-order chi connectivity index (χ1) is 10.7. The lowest BCUT2D eigenvalue weighted by Gasteiger charge is -2.08. The van der Waals surface area contributed by atoms with Crippen molar-refractivity contribution in [3.63, 3.8) is 0 Å². The zero-order chi connectivity index (χ0) is 15.4. The van der Waals surface area contributed by atoms with Gasteiger partial charge in [-0.1, -0.05) is 29.8 Å². The number of nitrogens with zero attached hydrogens (tertiary/aromatic N) is 1. The lowest BCUT2D eigenvalue weighted by atomic mass is 10.1. The van der Waals surface area contributed by atoms with Crippen LogP contribution in [0.3, 0.4) is 0 Å². The molecule has 0 aliphatic heterocycles. The second-order valence-electron chi connectivity index (χ2n) is 4.91. The summed E-state index contributed by atoms with van der Waals surface area (Å²) in [5, 5.41) is 3.54. The van der Waals surface area contributed by atoms with Gasteiger partial charge in [-0.3, -0.25) is 4.79 Å². The minimum Gasteiger partial charge on any atom is -0.348 e. The van der Waals surface area contributed by atoms with Crippen LogP contribution in [0.1, 0.15) is 15.9 Å². The number of amides is 1. The number of halogens is 1. The van der Waals surface area contributed by atoms with Crippen molar-refractivity contribution in [3.05, 3.63) is 89.2 Å². The highest BCUT2D eigenvalue weighted by Crippen LogP contribution is 2.15. The maximum Gasteiger partial charge on any atom is 0.251 e. The Morgan fingerprint density at radius 1 is 0.955 bits per heavy atom. The maximum absolute atomic E-state index is 12.2. The Hall–Kier alpha value is -2.52. The van der Waals surface area contributed by atoms with E-state index in [0.717, 1.165) is 11.3 Å². The molecule has 3 nitrogen and oxygen atoms in total. The summed E-state index contributed by atoms with van der Waals surface area (Å²) in [6, 6.07) is 18.9. The molecule has 0 fully saturated rings. The molecule has 1 aromatic heterocycles. The van der Waals surface area contributed by atoms with E-state index in [1.165, 1.54) is 0 Å². The smallest absolute Gasteiger partial charge is 0.251 e. The number of carbonyl (C=O) groups excluding carboxylic acids is 1. The van der Waals surface area contributed by atoms with Gasteiger partial charge in [0.1, 0.15) is 0 Å². The molecule has 0 aliphatic rings. The molecule has 1 heterocycles. The first kappa shape index (κ1) is 14.4. The highest BCUT2D eigenvalue weighted by Gasteiger charge is 2.06. The number of nitrogens with one attached hydrogen (secondary N) is 1. The number of hydrogen-bond donors (Lipinski definition) is 1. The molecule has 0 bridgehead atoms. The molecule has 4 heteroatoms. The molecule has 22 heavy (non-hydrogen) atoms. The average molecular weight is 311 g/mol. The molecule has 3 aromatic rings. The minimum atomic E-state index is -0.112. The van der Waals surface area contributed by atoms with Crippen LogP contribution in [0, 0.1) is 0 Å². The fourth-order valence-electron chi connectivity index (χ4n) is 2.21. The largest absolute Gasteiger partial charge is 0.348 e. The van der Waals surface area contributed by atoms with Crippen molar-refractivity contribution in [2.24, 2.45) is 0 Å². The summed E-state index contributed by atoms with van der Waals surface area (Å²) in [5.41, 5.74) is 2.55. The van der Waals surface area contributed by atoms with Gasteiger partial charge in [0.15, 0.2) is 0 Å². The number of benzene rings is 2. The van der Waals surface area contributed by atoms with Gasteiger partial charge in [-0.25, -0.2) is 0 Å². The monoisotopic (exact) mass is 310 g/mol. The topological polar surface area (TPSA) is 34.0 Å². The molecule has 0 saturated heterocycles. The predicted molar refractivity (Wildman–Crippen MR) is 88.4 cm³/mol. The Labute approximate surface area is 134 Å². The molecule has 0 saturated carbocycles. The highest BCUT2D eigenvalue weighted by molar-refractivity contribution is 6.31. The first-order valence-corrected chi connectivity index (χ1v) is 7.37. The summed E-state index contributed by atoms with van der Waals surface area (Å²) in [5.74, 6) is -0.112. The van der Waals surface area contributed by atoms with Gasteiger partial charge in [-0.05, 0) is 48.0 Å². The molecule has 0 unspecified atom stereocenters. The van der Waals surface area contributed by atoms with Crippen LogP contribution < -0.4 is 5.32 Å². The Balaban J connectivity index is 1.67.